The molecule has 0 bridgehead atoms. The van der Waals surface area contributed by atoms with E-state index in [1.807, 2.05) is 0 Å². The van der Waals surface area contributed by atoms with Crippen molar-refractivity contribution >= 4 is 11.8 Å². The summed E-state index contributed by atoms with van der Waals surface area (Å²) in [4.78, 5) is 0. The largest absolute Gasteiger partial charge is 0.311 e. The Hall–Kier alpha value is -0.470. The Morgan fingerprint density at radius 2 is 1.70 bits per heavy atom. The van der Waals surface area contributed by atoms with E-state index in [-0.39, 0.29) is 0 Å². The summed E-state index contributed by atoms with van der Waals surface area (Å²) in [6.07, 6.45) is 9.04. The highest BCUT2D eigenvalue weighted by atomic mass is 32.2. The minimum Gasteiger partial charge on any atom is -0.311 e. The molecule has 1 nitrogen and oxygen atoms in total. The van der Waals surface area contributed by atoms with Gasteiger partial charge in [-0.05, 0) is 42.6 Å². The normalized spacial score (nSPS) is 17.8. The molecule has 0 atom stereocenters. The number of hydrogen-bond donors (Lipinski definition) is 1. The van der Waals surface area contributed by atoms with E-state index in [1.165, 1.54) is 43.2 Å². The molecule has 1 saturated carbocycles. The first-order valence-corrected chi connectivity index (χ1v) is 9.20. The topological polar surface area (TPSA) is 12.0 Å². The summed E-state index contributed by atoms with van der Waals surface area (Å²) in [6.45, 7) is 6.71. The highest BCUT2D eigenvalue weighted by molar-refractivity contribution is 8.00. The first-order valence-electron chi connectivity index (χ1n) is 7.97. The second kappa shape index (κ2) is 7.51. The van der Waals surface area contributed by atoms with Crippen LogP contribution in [0.5, 0.6) is 0 Å². The summed E-state index contributed by atoms with van der Waals surface area (Å²) in [5.41, 5.74) is 2.87. The van der Waals surface area contributed by atoms with Gasteiger partial charge in [0.25, 0.3) is 0 Å². The quantitative estimate of drug-likeness (QED) is 0.784. The van der Waals surface area contributed by atoms with E-state index in [1.54, 1.807) is 0 Å². The van der Waals surface area contributed by atoms with Gasteiger partial charge in [0.05, 0.1) is 0 Å². The summed E-state index contributed by atoms with van der Waals surface area (Å²) in [7, 11) is 0. The average molecular weight is 292 g/mol. The highest BCUT2D eigenvalue weighted by Crippen LogP contribution is 2.39. The summed E-state index contributed by atoms with van der Waals surface area (Å²) >= 11 is 2.06. The van der Waals surface area contributed by atoms with Crippen molar-refractivity contribution < 1.29 is 0 Å². The lowest BCUT2D eigenvalue weighted by Gasteiger charge is -2.27. The van der Waals surface area contributed by atoms with Crippen LogP contribution in [0.2, 0.25) is 0 Å². The Labute approximate surface area is 128 Å². The van der Waals surface area contributed by atoms with Gasteiger partial charge in [0.15, 0.2) is 0 Å². The molecule has 20 heavy (non-hydrogen) atoms. The molecule has 0 amide bonds. The van der Waals surface area contributed by atoms with Crippen molar-refractivity contribution in [3.63, 3.8) is 0 Å². The number of hydrogen-bond acceptors (Lipinski definition) is 2. The van der Waals surface area contributed by atoms with Crippen molar-refractivity contribution in [3.8, 4) is 0 Å². The van der Waals surface area contributed by atoms with Gasteiger partial charge < -0.3 is 5.32 Å². The smallest absolute Gasteiger partial charge is 0.0281 e. The maximum atomic E-state index is 3.67. The minimum absolute atomic E-state index is 0.511. The van der Waals surface area contributed by atoms with E-state index in [4.69, 9.17) is 0 Å². The van der Waals surface area contributed by atoms with Gasteiger partial charge in [0.1, 0.15) is 0 Å². The SMILES string of the molecule is CSC1(CNCc2ccc(CC(C)C)cc2)CCCC1. The van der Waals surface area contributed by atoms with Crippen molar-refractivity contribution in [1.29, 1.82) is 0 Å². The van der Waals surface area contributed by atoms with Crippen molar-refractivity contribution in [2.24, 2.45) is 5.92 Å². The van der Waals surface area contributed by atoms with Gasteiger partial charge in [-0.25, -0.2) is 0 Å². The molecule has 112 valence electrons. The summed E-state index contributed by atoms with van der Waals surface area (Å²) in [5, 5.41) is 3.67. The van der Waals surface area contributed by atoms with Crippen LogP contribution in [0, 0.1) is 5.92 Å². The van der Waals surface area contributed by atoms with Crippen LogP contribution in [0.25, 0.3) is 0 Å². The Balaban J connectivity index is 1.79. The standard InChI is InChI=1S/C18H29NS/c1-15(2)12-16-6-8-17(9-7-16)13-19-14-18(20-3)10-4-5-11-18/h6-9,15,19H,4-5,10-14H2,1-3H3. The van der Waals surface area contributed by atoms with Crippen LogP contribution in [-0.4, -0.2) is 17.5 Å². The van der Waals surface area contributed by atoms with Crippen LogP contribution in [0.4, 0.5) is 0 Å². The fourth-order valence-corrected chi connectivity index (χ4v) is 4.11. The molecule has 0 saturated heterocycles. The zero-order chi connectivity index (χ0) is 14.4. The summed E-state index contributed by atoms with van der Waals surface area (Å²) in [6, 6.07) is 9.14. The summed E-state index contributed by atoms with van der Waals surface area (Å²) < 4.78 is 0.511. The van der Waals surface area contributed by atoms with Gasteiger partial charge in [-0.2, -0.15) is 11.8 Å². The first kappa shape index (κ1) is 15.9. The van der Waals surface area contributed by atoms with Crippen LogP contribution in [0.15, 0.2) is 24.3 Å². The number of benzene rings is 1. The van der Waals surface area contributed by atoms with Gasteiger partial charge in [0.2, 0.25) is 0 Å². The van der Waals surface area contributed by atoms with Crippen LogP contribution >= 0.6 is 11.8 Å². The van der Waals surface area contributed by atoms with Crippen molar-refractivity contribution in [3.05, 3.63) is 35.4 Å². The van der Waals surface area contributed by atoms with Crippen LogP contribution in [0.3, 0.4) is 0 Å². The van der Waals surface area contributed by atoms with E-state index in [0.717, 1.165) is 19.0 Å². The molecule has 0 aliphatic heterocycles. The summed E-state index contributed by atoms with van der Waals surface area (Å²) in [5.74, 6) is 0.739. The van der Waals surface area contributed by atoms with E-state index in [2.05, 4.69) is 61.4 Å². The van der Waals surface area contributed by atoms with Gasteiger partial charge in [-0.15, -0.1) is 0 Å². The minimum atomic E-state index is 0.511. The molecule has 1 aliphatic carbocycles. The first-order chi connectivity index (χ1) is 9.63. The molecule has 0 spiro atoms. The van der Waals surface area contributed by atoms with E-state index < -0.39 is 0 Å². The third-order valence-electron chi connectivity index (χ3n) is 4.39. The lowest BCUT2D eigenvalue weighted by molar-refractivity contribution is 0.533. The third-order valence-corrected chi connectivity index (χ3v) is 5.81. The molecule has 1 fully saturated rings. The van der Waals surface area contributed by atoms with Crippen LogP contribution in [0.1, 0.15) is 50.7 Å². The zero-order valence-electron chi connectivity index (χ0n) is 13.2. The molecule has 1 N–H and O–H groups in total. The van der Waals surface area contributed by atoms with Gasteiger partial charge in [0, 0.05) is 17.8 Å². The Kier molecular flexibility index (Phi) is 5.98. The van der Waals surface area contributed by atoms with Crippen LogP contribution in [-0.2, 0) is 13.0 Å². The maximum absolute atomic E-state index is 3.67. The molecule has 1 aromatic rings. The molecular formula is C18H29NS. The van der Waals surface area contributed by atoms with Crippen molar-refractivity contribution in [2.75, 3.05) is 12.8 Å². The number of thioether (sulfide) groups is 1. The molecule has 0 unspecified atom stereocenters. The molecule has 0 aromatic heterocycles. The van der Waals surface area contributed by atoms with E-state index >= 15 is 0 Å². The molecular weight excluding hydrogens is 262 g/mol. The zero-order valence-corrected chi connectivity index (χ0v) is 14.1. The predicted molar refractivity (Wildman–Crippen MR) is 91.4 cm³/mol. The molecule has 2 rings (SSSR count). The van der Waals surface area contributed by atoms with E-state index in [0.29, 0.717) is 4.75 Å². The lowest BCUT2D eigenvalue weighted by Crippen LogP contribution is -2.34. The van der Waals surface area contributed by atoms with Gasteiger partial charge >= 0.3 is 0 Å². The molecule has 0 heterocycles. The number of rotatable bonds is 7. The Morgan fingerprint density at radius 3 is 2.25 bits per heavy atom. The maximum Gasteiger partial charge on any atom is 0.0281 e. The van der Waals surface area contributed by atoms with Gasteiger partial charge in [-0.3, -0.25) is 0 Å². The Bertz CT molecular complexity index is 390. The Morgan fingerprint density at radius 1 is 1.10 bits per heavy atom. The molecule has 1 aliphatic rings. The predicted octanol–water partition coefficient (Wildman–Crippen LogP) is 4.65. The third kappa shape index (κ3) is 4.53. The monoisotopic (exact) mass is 291 g/mol. The second-order valence-electron chi connectivity index (χ2n) is 6.61. The van der Waals surface area contributed by atoms with Crippen molar-refractivity contribution in [1.82, 2.24) is 5.32 Å². The molecule has 1 aromatic carbocycles. The van der Waals surface area contributed by atoms with Crippen molar-refractivity contribution in [2.45, 2.75) is 57.2 Å². The average Bonchev–Trinajstić information content (AvgIpc) is 2.90. The van der Waals surface area contributed by atoms with Crippen LogP contribution < -0.4 is 5.32 Å². The molecule has 0 radical (unpaired) electrons. The highest BCUT2D eigenvalue weighted by Gasteiger charge is 2.32. The van der Waals surface area contributed by atoms with E-state index in [9.17, 15) is 0 Å². The van der Waals surface area contributed by atoms with Gasteiger partial charge in [-0.1, -0.05) is 51.0 Å². The molecule has 2 heteroatoms. The second-order valence-corrected chi connectivity index (χ2v) is 7.89. The number of nitrogens with one attached hydrogen (secondary N) is 1. The lowest BCUT2D eigenvalue weighted by atomic mass is 10.0. The fraction of sp³-hybridized carbons (Fsp3) is 0.667. The fourth-order valence-electron chi connectivity index (χ4n) is 3.17.